The molecule has 4 nitrogen and oxygen atoms in total. The monoisotopic (exact) mass is 307 g/mol. The van der Waals surface area contributed by atoms with Gasteiger partial charge in [-0.05, 0) is 31.4 Å². The quantitative estimate of drug-likeness (QED) is 0.797. The van der Waals surface area contributed by atoms with Crippen LogP contribution in [0, 0.1) is 0 Å². The number of halogens is 1. The number of aromatic nitrogens is 1. The standard InChI is InChI=1S/C13H14BrN3O/c1-17-7-5-13(12(17)18)4-2-10(16-13)11-8-9(14)3-6-15-11/h3,6,8H,2,4-5,7H2,1H3. The molecule has 0 aromatic carbocycles. The summed E-state index contributed by atoms with van der Waals surface area (Å²) in [5.74, 6) is 0.160. The predicted molar refractivity (Wildman–Crippen MR) is 72.7 cm³/mol. The van der Waals surface area contributed by atoms with Crippen molar-refractivity contribution < 1.29 is 4.79 Å². The summed E-state index contributed by atoms with van der Waals surface area (Å²) in [5, 5.41) is 0. The summed E-state index contributed by atoms with van der Waals surface area (Å²) in [6, 6.07) is 3.85. The molecule has 2 aliphatic heterocycles. The first-order chi connectivity index (χ1) is 8.61. The average Bonchev–Trinajstić information content (AvgIpc) is 2.91. The van der Waals surface area contributed by atoms with E-state index in [0.717, 1.165) is 41.7 Å². The number of aliphatic imine (C=N–C) groups is 1. The van der Waals surface area contributed by atoms with Gasteiger partial charge in [0.15, 0.2) is 0 Å². The third-order valence-corrected chi connectivity index (χ3v) is 4.24. The van der Waals surface area contributed by atoms with Crippen molar-refractivity contribution in [3.8, 4) is 0 Å². The zero-order chi connectivity index (χ0) is 12.8. The van der Waals surface area contributed by atoms with Gasteiger partial charge in [0.05, 0.1) is 11.4 Å². The Morgan fingerprint density at radius 3 is 2.94 bits per heavy atom. The van der Waals surface area contributed by atoms with E-state index in [2.05, 4.69) is 20.9 Å². The number of carbonyl (C=O) groups excluding carboxylic acids is 1. The van der Waals surface area contributed by atoms with Gasteiger partial charge in [0, 0.05) is 24.3 Å². The second kappa shape index (κ2) is 4.16. The van der Waals surface area contributed by atoms with Crippen LogP contribution >= 0.6 is 15.9 Å². The van der Waals surface area contributed by atoms with Crippen LogP contribution in [-0.2, 0) is 4.79 Å². The molecule has 3 heterocycles. The van der Waals surface area contributed by atoms with Gasteiger partial charge in [-0.15, -0.1) is 0 Å². The molecule has 5 heteroatoms. The van der Waals surface area contributed by atoms with Gasteiger partial charge in [0.2, 0.25) is 5.91 Å². The molecule has 1 saturated heterocycles. The molecule has 1 fully saturated rings. The summed E-state index contributed by atoms with van der Waals surface area (Å²) < 4.78 is 0.992. The van der Waals surface area contributed by atoms with Gasteiger partial charge in [0.1, 0.15) is 5.54 Å². The molecule has 1 aromatic heterocycles. The second-order valence-electron chi connectivity index (χ2n) is 4.93. The Balaban J connectivity index is 1.95. The molecule has 1 spiro atoms. The molecule has 1 atom stereocenters. The Morgan fingerprint density at radius 1 is 1.44 bits per heavy atom. The molecule has 18 heavy (non-hydrogen) atoms. The normalized spacial score (nSPS) is 27.1. The minimum absolute atomic E-state index is 0.160. The van der Waals surface area contributed by atoms with E-state index in [-0.39, 0.29) is 5.91 Å². The number of amides is 1. The van der Waals surface area contributed by atoms with Gasteiger partial charge < -0.3 is 4.90 Å². The Hall–Kier alpha value is -1.23. The van der Waals surface area contributed by atoms with E-state index in [9.17, 15) is 4.79 Å². The smallest absolute Gasteiger partial charge is 0.250 e. The zero-order valence-electron chi connectivity index (χ0n) is 10.2. The van der Waals surface area contributed by atoms with Crippen LogP contribution in [-0.4, -0.2) is 40.6 Å². The lowest BCUT2D eigenvalue weighted by molar-refractivity contribution is -0.130. The van der Waals surface area contributed by atoms with Crippen LogP contribution in [0.1, 0.15) is 25.0 Å². The minimum Gasteiger partial charge on any atom is -0.344 e. The van der Waals surface area contributed by atoms with Crippen LogP contribution in [0.5, 0.6) is 0 Å². The molecule has 1 aromatic rings. The van der Waals surface area contributed by atoms with Gasteiger partial charge in [-0.25, -0.2) is 0 Å². The summed E-state index contributed by atoms with van der Waals surface area (Å²) in [7, 11) is 1.85. The van der Waals surface area contributed by atoms with Crippen molar-refractivity contribution in [2.24, 2.45) is 4.99 Å². The molecule has 0 saturated carbocycles. The summed E-state index contributed by atoms with van der Waals surface area (Å²) in [6.45, 7) is 0.807. The number of hydrogen-bond acceptors (Lipinski definition) is 3. The number of likely N-dealkylation sites (N-methyl/N-ethyl adjacent to an activating group) is 1. The summed E-state index contributed by atoms with van der Waals surface area (Å²) >= 11 is 3.44. The Bertz CT molecular complexity index is 543. The molecule has 0 N–H and O–H groups in total. The average molecular weight is 308 g/mol. The topological polar surface area (TPSA) is 45.6 Å². The van der Waals surface area contributed by atoms with Crippen LogP contribution in [0.15, 0.2) is 27.8 Å². The second-order valence-corrected chi connectivity index (χ2v) is 5.84. The zero-order valence-corrected chi connectivity index (χ0v) is 11.8. The first kappa shape index (κ1) is 11.8. The van der Waals surface area contributed by atoms with Crippen molar-refractivity contribution in [1.29, 1.82) is 0 Å². The third kappa shape index (κ3) is 1.77. The van der Waals surface area contributed by atoms with Gasteiger partial charge in [-0.3, -0.25) is 14.8 Å². The lowest BCUT2D eigenvalue weighted by atomic mass is 9.95. The first-order valence-electron chi connectivity index (χ1n) is 6.07. The highest BCUT2D eigenvalue weighted by Gasteiger charge is 2.48. The van der Waals surface area contributed by atoms with Gasteiger partial charge in [-0.1, -0.05) is 15.9 Å². The lowest BCUT2D eigenvalue weighted by Crippen LogP contribution is -2.35. The van der Waals surface area contributed by atoms with Crippen LogP contribution in [0.2, 0.25) is 0 Å². The largest absolute Gasteiger partial charge is 0.344 e. The van der Waals surface area contributed by atoms with E-state index >= 15 is 0 Å². The molecule has 1 amide bonds. The molecular formula is C13H14BrN3O. The molecule has 0 radical (unpaired) electrons. The van der Waals surface area contributed by atoms with E-state index in [1.807, 2.05) is 19.2 Å². The number of hydrogen-bond donors (Lipinski definition) is 0. The van der Waals surface area contributed by atoms with E-state index < -0.39 is 5.54 Å². The molecule has 3 rings (SSSR count). The van der Waals surface area contributed by atoms with E-state index in [4.69, 9.17) is 4.99 Å². The first-order valence-corrected chi connectivity index (χ1v) is 6.86. The third-order valence-electron chi connectivity index (χ3n) is 3.75. The summed E-state index contributed by atoms with van der Waals surface area (Å²) in [5.41, 5.74) is 1.34. The highest BCUT2D eigenvalue weighted by atomic mass is 79.9. The van der Waals surface area contributed by atoms with Gasteiger partial charge >= 0.3 is 0 Å². The number of carbonyl (C=O) groups is 1. The highest BCUT2D eigenvalue weighted by molar-refractivity contribution is 9.10. The van der Waals surface area contributed by atoms with E-state index in [1.165, 1.54) is 0 Å². The van der Waals surface area contributed by atoms with Crippen molar-refractivity contribution in [2.45, 2.75) is 24.8 Å². The Morgan fingerprint density at radius 2 is 2.28 bits per heavy atom. The maximum absolute atomic E-state index is 12.2. The lowest BCUT2D eigenvalue weighted by Gasteiger charge is -2.16. The number of rotatable bonds is 1. The molecule has 2 aliphatic rings. The molecule has 94 valence electrons. The number of likely N-dealkylation sites (tertiary alicyclic amines) is 1. The van der Waals surface area contributed by atoms with Crippen molar-refractivity contribution in [3.63, 3.8) is 0 Å². The maximum Gasteiger partial charge on any atom is 0.250 e. The fourth-order valence-electron chi connectivity index (χ4n) is 2.70. The van der Waals surface area contributed by atoms with E-state index in [0.29, 0.717) is 0 Å². The highest BCUT2D eigenvalue weighted by Crippen LogP contribution is 2.36. The molecular weight excluding hydrogens is 294 g/mol. The van der Waals surface area contributed by atoms with Gasteiger partial charge in [0.25, 0.3) is 0 Å². The van der Waals surface area contributed by atoms with Crippen molar-refractivity contribution in [3.05, 3.63) is 28.5 Å². The summed E-state index contributed by atoms with van der Waals surface area (Å²) in [4.78, 5) is 23.0. The molecule has 1 unspecified atom stereocenters. The SMILES string of the molecule is CN1CCC2(CCC(c3cc(Br)ccn3)=N2)C1=O. The van der Waals surface area contributed by atoms with Crippen LogP contribution in [0.25, 0.3) is 0 Å². The van der Waals surface area contributed by atoms with Crippen molar-refractivity contribution in [1.82, 2.24) is 9.88 Å². The van der Waals surface area contributed by atoms with Gasteiger partial charge in [-0.2, -0.15) is 0 Å². The summed E-state index contributed by atoms with van der Waals surface area (Å²) in [6.07, 6.45) is 4.25. The van der Waals surface area contributed by atoms with Crippen molar-refractivity contribution in [2.75, 3.05) is 13.6 Å². The molecule has 0 aliphatic carbocycles. The Labute approximate surface area is 114 Å². The fourth-order valence-corrected chi connectivity index (χ4v) is 3.03. The van der Waals surface area contributed by atoms with Crippen molar-refractivity contribution >= 4 is 27.5 Å². The fraction of sp³-hybridized carbons (Fsp3) is 0.462. The maximum atomic E-state index is 12.2. The predicted octanol–water partition coefficient (Wildman–Crippen LogP) is 2.03. The van der Waals surface area contributed by atoms with E-state index in [1.54, 1.807) is 11.1 Å². The van der Waals surface area contributed by atoms with Crippen LogP contribution < -0.4 is 0 Å². The minimum atomic E-state index is -0.492. The van der Waals surface area contributed by atoms with Crippen LogP contribution in [0.4, 0.5) is 0 Å². The number of pyridine rings is 1. The molecule has 0 bridgehead atoms. The van der Waals surface area contributed by atoms with Crippen LogP contribution in [0.3, 0.4) is 0 Å². The number of nitrogens with zero attached hydrogens (tertiary/aromatic N) is 3. The Kier molecular flexibility index (Phi) is 2.73.